The molecule has 0 bridgehead atoms. The lowest BCUT2D eigenvalue weighted by Crippen LogP contribution is -2.57. The minimum Gasteiger partial charge on any atom is -0.468 e. The maximum Gasteiger partial charge on any atom is 0.408 e. The van der Waals surface area contributed by atoms with Crippen molar-refractivity contribution >= 4 is 23.9 Å². The Labute approximate surface area is 215 Å². The van der Waals surface area contributed by atoms with Gasteiger partial charge in [0.2, 0.25) is 11.8 Å². The van der Waals surface area contributed by atoms with Crippen molar-refractivity contribution in [2.75, 3.05) is 13.7 Å². The van der Waals surface area contributed by atoms with Crippen LogP contribution in [0.15, 0.2) is 18.2 Å². The fourth-order valence-corrected chi connectivity index (χ4v) is 3.84. The molecular weight excluding hydrogens is 462 g/mol. The third-order valence-corrected chi connectivity index (χ3v) is 5.84. The quantitative estimate of drug-likeness (QED) is 0.468. The topological polar surface area (TPSA) is 114 Å². The molecule has 1 aromatic carbocycles. The average molecular weight is 506 g/mol. The van der Waals surface area contributed by atoms with Crippen molar-refractivity contribution in [3.63, 3.8) is 0 Å². The van der Waals surface area contributed by atoms with Crippen molar-refractivity contribution in [3.8, 4) is 0 Å². The van der Waals surface area contributed by atoms with Gasteiger partial charge in [-0.05, 0) is 65.5 Å². The van der Waals surface area contributed by atoms with Gasteiger partial charge in [-0.2, -0.15) is 0 Å². The van der Waals surface area contributed by atoms with Crippen molar-refractivity contribution in [3.05, 3.63) is 34.9 Å². The summed E-state index contributed by atoms with van der Waals surface area (Å²) in [5, 5.41) is 5.33. The highest BCUT2D eigenvalue weighted by Crippen LogP contribution is 2.29. The summed E-state index contributed by atoms with van der Waals surface area (Å²) in [7, 11) is 1.24. The number of carbonyl (C=O) groups excluding carboxylic acids is 4. The third kappa shape index (κ3) is 8.84. The maximum absolute atomic E-state index is 14.1. The van der Waals surface area contributed by atoms with E-state index in [-0.39, 0.29) is 12.5 Å². The first kappa shape index (κ1) is 30.9. The van der Waals surface area contributed by atoms with Gasteiger partial charge in [-0.1, -0.05) is 44.0 Å². The molecule has 2 N–H and O–H groups in total. The number of rotatable bonds is 10. The molecule has 9 heteroatoms. The molecule has 1 aromatic rings. The lowest BCUT2D eigenvalue weighted by molar-refractivity contribution is -0.146. The van der Waals surface area contributed by atoms with Crippen LogP contribution < -0.4 is 10.6 Å². The molecule has 0 aromatic heterocycles. The standard InChI is InChI=1S/C27H43N3O6/c1-11-18(5)22(29-26(34)36-27(7,8)9)25(33)30(16(2)3)23(24(32)28-15-21(31)35-10)20-13-12-17(4)14-19(20)6/h12-14,16,18,22-23H,11,15H2,1-10H3,(H,28,32)(H,29,34). The fraction of sp³-hybridized carbons (Fsp3) is 0.630. The third-order valence-electron chi connectivity index (χ3n) is 5.84. The molecule has 0 spiro atoms. The molecule has 0 aliphatic rings. The Morgan fingerprint density at radius 2 is 1.67 bits per heavy atom. The number of methoxy groups -OCH3 is 1. The molecule has 1 rings (SSSR count). The van der Waals surface area contributed by atoms with E-state index in [9.17, 15) is 19.2 Å². The number of amides is 3. The molecular formula is C27H43N3O6. The van der Waals surface area contributed by atoms with E-state index in [1.807, 2.05) is 59.7 Å². The van der Waals surface area contributed by atoms with Gasteiger partial charge < -0.3 is 25.0 Å². The van der Waals surface area contributed by atoms with Crippen LogP contribution in [0.5, 0.6) is 0 Å². The van der Waals surface area contributed by atoms with Gasteiger partial charge in [0.25, 0.3) is 0 Å². The summed E-state index contributed by atoms with van der Waals surface area (Å²) in [6.07, 6.45) is -0.0935. The zero-order valence-electron chi connectivity index (χ0n) is 23.4. The van der Waals surface area contributed by atoms with E-state index in [0.29, 0.717) is 12.0 Å². The number of ether oxygens (including phenoxy) is 2. The molecule has 3 unspecified atom stereocenters. The van der Waals surface area contributed by atoms with Crippen LogP contribution in [-0.2, 0) is 23.9 Å². The molecule has 3 atom stereocenters. The molecule has 0 heterocycles. The largest absolute Gasteiger partial charge is 0.468 e. The maximum atomic E-state index is 14.1. The van der Waals surface area contributed by atoms with Gasteiger partial charge in [0.05, 0.1) is 7.11 Å². The Kier molecular flexibility index (Phi) is 11.4. The van der Waals surface area contributed by atoms with Gasteiger partial charge in [-0.15, -0.1) is 0 Å². The molecule has 9 nitrogen and oxygen atoms in total. The molecule has 0 saturated carbocycles. The number of alkyl carbamates (subject to hydrolysis) is 1. The number of carbonyl (C=O) groups is 4. The normalized spacial score (nSPS) is 13.9. The molecule has 0 fully saturated rings. The van der Waals surface area contributed by atoms with Crippen LogP contribution in [0.3, 0.4) is 0 Å². The van der Waals surface area contributed by atoms with Crippen molar-refractivity contribution in [2.24, 2.45) is 5.92 Å². The second-order valence-electron chi connectivity index (χ2n) is 10.4. The second kappa shape index (κ2) is 13.3. The summed E-state index contributed by atoms with van der Waals surface area (Å²) in [4.78, 5) is 53.4. The highest BCUT2D eigenvalue weighted by Gasteiger charge is 2.40. The van der Waals surface area contributed by atoms with Crippen LogP contribution in [0.25, 0.3) is 0 Å². The summed E-state index contributed by atoms with van der Waals surface area (Å²) in [5.74, 6) is -1.77. The number of nitrogens with zero attached hydrogens (tertiary/aromatic N) is 1. The van der Waals surface area contributed by atoms with E-state index >= 15 is 0 Å². The summed E-state index contributed by atoms with van der Waals surface area (Å²) in [6.45, 7) is 16.1. The number of hydrogen-bond acceptors (Lipinski definition) is 6. The lowest BCUT2D eigenvalue weighted by atomic mass is 9.93. The van der Waals surface area contributed by atoms with Crippen LogP contribution >= 0.6 is 0 Å². The molecule has 3 amide bonds. The Bertz CT molecular complexity index is 938. The van der Waals surface area contributed by atoms with Gasteiger partial charge >= 0.3 is 12.1 Å². The summed E-state index contributed by atoms with van der Waals surface area (Å²) in [6, 6.07) is 3.26. The highest BCUT2D eigenvalue weighted by atomic mass is 16.6. The Morgan fingerprint density at radius 1 is 1.06 bits per heavy atom. The predicted octanol–water partition coefficient (Wildman–Crippen LogP) is 3.81. The predicted molar refractivity (Wildman–Crippen MR) is 138 cm³/mol. The van der Waals surface area contributed by atoms with Gasteiger partial charge in [0, 0.05) is 6.04 Å². The Morgan fingerprint density at radius 3 is 2.14 bits per heavy atom. The fourth-order valence-electron chi connectivity index (χ4n) is 3.84. The van der Waals surface area contributed by atoms with Crippen molar-refractivity contribution in [2.45, 2.75) is 92.5 Å². The average Bonchev–Trinajstić information content (AvgIpc) is 2.77. The molecule has 0 aliphatic carbocycles. The van der Waals surface area contributed by atoms with Gasteiger partial charge in [-0.25, -0.2) is 4.79 Å². The molecule has 0 saturated heterocycles. The van der Waals surface area contributed by atoms with E-state index in [0.717, 1.165) is 11.1 Å². The Hall–Kier alpha value is -3.10. The van der Waals surface area contributed by atoms with Crippen molar-refractivity contribution in [1.82, 2.24) is 15.5 Å². The zero-order chi connectivity index (χ0) is 27.8. The first-order valence-corrected chi connectivity index (χ1v) is 12.4. The monoisotopic (exact) mass is 505 g/mol. The van der Waals surface area contributed by atoms with Crippen molar-refractivity contribution in [1.29, 1.82) is 0 Å². The van der Waals surface area contributed by atoms with E-state index in [2.05, 4.69) is 15.4 Å². The number of nitrogens with one attached hydrogen (secondary N) is 2. The summed E-state index contributed by atoms with van der Waals surface area (Å²) in [5.41, 5.74) is 1.73. The summed E-state index contributed by atoms with van der Waals surface area (Å²) >= 11 is 0. The van der Waals surface area contributed by atoms with Gasteiger partial charge in [-0.3, -0.25) is 14.4 Å². The molecule has 36 heavy (non-hydrogen) atoms. The first-order chi connectivity index (χ1) is 16.6. The number of esters is 1. The number of aryl methyl sites for hydroxylation is 2. The molecule has 202 valence electrons. The van der Waals surface area contributed by atoms with Gasteiger partial charge in [0.1, 0.15) is 24.2 Å². The van der Waals surface area contributed by atoms with Crippen molar-refractivity contribution < 1.29 is 28.7 Å². The number of hydrogen-bond donors (Lipinski definition) is 2. The smallest absolute Gasteiger partial charge is 0.408 e. The molecule has 0 radical (unpaired) electrons. The SMILES string of the molecule is CCC(C)C(NC(=O)OC(C)(C)C)C(=O)N(C(C)C)C(C(=O)NCC(=O)OC)c1ccc(C)cc1C. The van der Waals surface area contributed by atoms with Crippen LogP contribution in [0.1, 0.15) is 77.6 Å². The van der Waals surface area contributed by atoms with Crippen LogP contribution in [0.2, 0.25) is 0 Å². The minimum absolute atomic E-state index is 0.232. The van der Waals surface area contributed by atoms with Crippen LogP contribution in [-0.4, -0.2) is 60.1 Å². The minimum atomic E-state index is -1.03. The molecule has 0 aliphatic heterocycles. The zero-order valence-corrected chi connectivity index (χ0v) is 23.4. The number of benzene rings is 1. The first-order valence-electron chi connectivity index (χ1n) is 12.4. The van der Waals surface area contributed by atoms with E-state index in [1.165, 1.54) is 12.0 Å². The second-order valence-corrected chi connectivity index (χ2v) is 10.4. The Balaban J connectivity index is 3.54. The summed E-state index contributed by atoms with van der Waals surface area (Å²) < 4.78 is 10.1. The van der Waals surface area contributed by atoms with Crippen LogP contribution in [0.4, 0.5) is 4.79 Å². The van der Waals surface area contributed by atoms with E-state index < -0.39 is 47.6 Å². The van der Waals surface area contributed by atoms with E-state index in [4.69, 9.17) is 4.74 Å². The van der Waals surface area contributed by atoms with Crippen LogP contribution in [0, 0.1) is 19.8 Å². The van der Waals surface area contributed by atoms with Gasteiger partial charge in [0.15, 0.2) is 0 Å². The highest BCUT2D eigenvalue weighted by molar-refractivity contribution is 5.93. The van der Waals surface area contributed by atoms with E-state index in [1.54, 1.807) is 20.8 Å². The lowest BCUT2D eigenvalue weighted by Gasteiger charge is -2.39.